The maximum Gasteiger partial charge on any atom is 0.327 e. The third-order valence-electron chi connectivity index (χ3n) is 4.69. The molecule has 6 heteroatoms. The van der Waals surface area contributed by atoms with Crippen molar-refractivity contribution in [1.29, 1.82) is 0 Å². The van der Waals surface area contributed by atoms with E-state index in [0.717, 1.165) is 30.6 Å². The normalized spacial score (nSPS) is 23.8. The summed E-state index contributed by atoms with van der Waals surface area (Å²) >= 11 is 0. The van der Waals surface area contributed by atoms with Gasteiger partial charge in [0.2, 0.25) is 5.91 Å². The van der Waals surface area contributed by atoms with Crippen molar-refractivity contribution in [3.05, 3.63) is 0 Å². The molecule has 3 fully saturated rings. The Hall–Kier alpha value is -1.59. The summed E-state index contributed by atoms with van der Waals surface area (Å²) in [6.45, 7) is 0.675. The fourth-order valence-electron chi connectivity index (χ4n) is 3.24. The van der Waals surface area contributed by atoms with Gasteiger partial charge in [-0.1, -0.05) is 19.3 Å². The molecular formula is C15H23N3O3. The van der Waals surface area contributed by atoms with E-state index in [9.17, 15) is 14.4 Å². The van der Waals surface area contributed by atoms with Crippen LogP contribution in [-0.2, 0) is 9.59 Å². The minimum Gasteiger partial charge on any atom is -0.354 e. The molecule has 0 radical (unpaired) electrons. The predicted octanol–water partition coefficient (Wildman–Crippen LogP) is 1.11. The van der Waals surface area contributed by atoms with Crippen LogP contribution in [0.1, 0.15) is 44.9 Å². The van der Waals surface area contributed by atoms with Crippen molar-refractivity contribution in [2.24, 2.45) is 5.92 Å². The number of rotatable bonds is 5. The Labute approximate surface area is 124 Å². The number of hydrogen-bond donors (Lipinski definition) is 1. The fraction of sp³-hybridized carbons (Fsp3) is 0.800. The molecule has 3 rings (SSSR count). The maximum absolute atomic E-state index is 12.1. The van der Waals surface area contributed by atoms with Crippen LogP contribution in [0, 0.1) is 5.92 Å². The van der Waals surface area contributed by atoms with Crippen molar-refractivity contribution in [1.82, 2.24) is 15.1 Å². The third-order valence-corrected chi connectivity index (χ3v) is 4.69. The molecule has 1 saturated heterocycles. The number of nitrogens with one attached hydrogen (secondary N) is 1. The van der Waals surface area contributed by atoms with E-state index in [0.29, 0.717) is 12.5 Å². The van der Waals surface area contributed by atoms with Gasteiger partial charge < -0.3 is 10.2 Å². The molecule has 21 heavy (non-hydrogen) atoms. The zero-order valence-electron chi connectivity index (χ0n) is 12.3. The summed E-state index contributed by atoms with van der Waals surface area (Å²) in [7, 11) is 0. The Morgan fingerprint density at radius 3 is 2.48 bits per heavy atom. The summed E-state index contributed by atoms with van der Waals surface area (Å²) in [6, 6.07) is -0.0768. The Kier molecular flexibility index (Phi) is 4.12. The van der Waals surface area contributed by atoms with Gasteiger partial charge in [-0.05, 0) is 31.6 Å². The van der Waals surface area contributed by atoms with Crippen LogP contribution in [0.25, 0.3) is 0 Å². The molecule has 4 amide bonds. The topological polar surface area (TPSA) is 69.7 Å². The van der Waals surface area contributed by atoms with E-state index >= 15 is 0 Å². The number of carbonyl (C=O) groups is 3. The Morgan fingerprint density at radius 2 is 1.81 bits per heavy atom. The molecule has 0 aromatic carbocycles. The van der Waals surface area contributed by atoms with Gasteiger partial charge in [0.1, 0.15) is 13.1 Å². The van der Waals surface area contributed by atoms with Crippen molar-refractivity contribution < 1.29 is 14.4 Å². The van der Waals surface area contributed by atoms with Gasteiger partial charge >= 0.3 is 6.03 Å². The SMILES string of the molecule is O=C(CN1C(=O)CN(C2CC2)C1=O)NCC1CCCCC1. The largest absolute Gasteiger partial charge is 0.354 e. The van der Waals surface area contributed by atoms with Crippen molar-refractivity contribution in [3.8, 4) is 0 Å². The monoisotopic (exact) mass is 293 g/mol. The number of imide groups is 1. The number of carbonyl (C=O) groups excluding carboxylic acids is 3. The van der Waals surface area contributed by atoms with Gasteiger partial charge in [0, 0.05) is 12.6 Å². The lowest BCUT2D eigenvalue weighted by molar-refractivity contribution is -0.130. The molecule has 0 unspecified atom stereocenters. The van der Waals surface area contributed by atoms with Gasteiger partial charge in [-0.15, -0.1) is 0 Å². The number of urea groups is 1. The third kappa shape index (κ3) is 3.36. The first-order chi connectivity index (χ1) is 10.1. The summed E-state index contributed by atoms with van der Waals surface area (Å²) in [4.78, 5) is 38.6. The lowest BCUT2D eigenvalue weighted by Gasteiger charge is -2.22. The second-order valence-electron chi connectivity index (χ2n) is 6.43. The van der Waals surface area contributed by atoms with Crippen LogP contribution in [0.3, 0.4) is 0 Å². The van der Waals surface area contributed by atoms with Crippen LogP contribution in [0.15, 0.2) is 0 Å². The Morgan fingerprint density at radius 1 is 1.10 bits per heavy atom. The molecule has 1 N–H and O–H groups in total. The molecule has 2 aliphatic carbocycles. The molecule has 0 spiro atoms. The van der Waals surface area contributed by atoms with E-state index in [2.05, 4.69) is 5.32 Å². The van der Waals surface area contributed by atoms with Crippen molar-refractivity contribution in [3.63, 3.8) is 0 Å². The van der Waals surface area contributed by atoms with E-state index in [1.807, 2.05) is 0 Å². The van der Waals surface area contributed by atoms with Crippen LogP contribution in [0.4, 0.5) is 4.79 Å². The average Bonchev–Trinajstić information content (AvgIpc) is 3.29. The fourth-order valence-corrected chi connectivity index (χ4v) is 3.24. The second-order valence-corrected chi connectivity index (χ2v) is 6.43. The first kappa shape index (κ1) is 14.4. The molecule has 0 bridgehead atoms. The quantitative estimate of drug-likeness (QED) is 0.772. The number of amides is 4. The second kappa shape index (κ2) is 6.03. The zero-order valence-corrected chi connectivity index (χ0v) is 12.3. The van der Waals surface area contributed by atoms with Gasteiger partial charge in [0.25, 0.3) is 5.91 Å². The lowest BCUT2D eigenvalue weighted by Crippen LogP contribution is -2.43. The van der Waals surface area contributed by atoms with Gasteiger partial charge in [0.05, 0.1) is 0 Å². The molecule has 1 heterocycles. The molecule has 0 atom stereocenters. The van der Waals surface area contributed by atoms with Crippen LogP contribution >= 0.6 is 0 Å². The first-order valence-corrected chi connectivity index (χ1v) is 8.03. The molecule has 3 aliphatic rings. The Bertz CT molecular complexity index is 441. The van der Waals surface area contributed by atoms with Crippen LogP contribution in [0.5, 0.6) is 0 Å². The zero-order chi connectivity index (χ0) is 14.8. The predicted molar refractivity (Wildman–Crippen MR) is 76.4 cm³/mol. The highest BCUT2D eigenvalue weighted by molar-refractivity contribution is 6.04. The van der Waals surface area contributed by atoms with Crippen molar-refractivity contribution in [2.75, 3.05) is 19.6 Å². The highest BCUT2D eigenvalue weighted by Gasteiger charge is 2.44. The van der Waals surface area contributed by atoms with E-state index in [-0.39, 0.29) is 37.0 Å². The van der Waals surface area contributed by atoms with Crippen molar-refractivity contribution >= 4 is 17.8 Å². The van der Waals surface area contributed by atoms with Gasteiger partial charge in [-0.25, -0.2) is 4.79 Å². The van der Waals surface area contributed by atoms with E-state index in [4.69, 9.17) is 0 Å². The first-order valence-electron chi connectivity index (χ1n) is 8.03. The van der Waals surface area contributed by atoms with Gasteiger partial charge in [-0.2, -0.15) is 0 Å². The molecule has 2 saturated carbocycles. The van der Waals surface area contributed by atoms with Crippen LogP contribution in [-0.4, -0.2) is 53.3 Å². The van der Waals surface area contributed by atoms with E-state index < -0.39 is 0 Å². The summed E-state index contributed by atoms with van der Waals surface area (Å²) in [5, 5.41) is 2.88. The van der Waals surface area contributed by atoms with Crippen LogP contribution in [0.2, 0.25) is 0 Å². The standard InChI is InChI=1S/C15H23N3O3/c19-13(16-8-11-4-2-1-3-5-11)9-18-14(20)10-17(15(18)21)12-6-7-12/h11-12H,1-10H2,(H,16,19). The molecule has 1 aliphatic heterocycles. The lowest BCUT2D eigenvalue weighted by atomic mass is 9.89. The summed E-state index contributed by atoms with van der Waals surface area (Å²) in [5.41, 5.74) is 0. The van der Waals surface area contributed by atoms with Crippen LogP contribution < -0.4 is 5.32 Å². The summed E-state index contributed by atoms with van der Waals surface area (Å²) in [6.07, 6.45) is 8.04. The summed E-state index contributed by atoms with van der Waals surface area (Å²) < 4.78 is 0. The summed E-state index contributed by atoms with van der Waals surface area (Å²) in [5.74, 6) is 0.0790. The molecule has 6 nitrogen and oxygen atoms in total. The Balaban J connectivity index is 1.45. The van der Waals surface area contributed by atoms with Gasteiger partial charge in [-0.3, -0.25) is 14.5 Å². The number of nitrogens with zero attached hydrogens (tertiary/aromatic N) is 2. The van der Waals surface area contributed by atoms with Gasteiger partial charge in [0.15, 0.2) is 0 Å². The smallest absolute Gasteiger partial charge is 0.327 e. The molecule has 0 aromatic rings. The minimum absolute atomic E-state index is 0.131. The van der Waals surface area contributed by atoms with Crippen molar-refractivity contribution in [2.45, 2.75) is 51.0 Å². The average molecular weight is 293 g/mol. The minimum atomic E-state index is -0.296. The molecule has 0 aromatic heterocycles. The molecular weight excluding hydrogens is 270 g/mol. The highest BCUT2D eigenvalue weighted by atomic mass is 16.2. The maximum atomic E-state index is 12.1. The molecule has 116 valence electrons. The highest BCUT2D eigenvalue weighted by Crippen LogP contribution is 2.30. The van der Waals surface area contributed by atoms with E-state index in [1.165, 1.54) is 19.3 Å². The number of hydrogen-bond acceptors (Lipinski definition) is 3. The van der Waals surface area contributed by atoms with E-state index in [1.54, 1.807) is 4.90 Å².